The molecule has 0 atom stereocenters. The second kappa shape index (κ2) is 9.05. The van der Waals surface area contributed by atoms with Gasteiger partial charge >= 0.3 is 5.97 Å². The van der Waals surface area contributed by atoms with Gasteiger partial charge in [-0.15, -0.1) is 0 Å². The number of carbonyl (C=O) groups excluding carboxylic acids is 1. The zero-order valence-corrected chi connectivity index (χ0v) is 13.0. The third-order valence-corrected chi connectivity index (χ3v) is 3.34. The number of benzene rings is 1. The van der Waals surface area contributed by atoms with Crippen molar-refractivity contribution in [3.05, 3.63) is 59.9 Å². The lowest BCUT2D eigenvalue weighted by molar-refractivity contribution is 0.0304. The van der Waals surface area contributed by atoms with E-state index in [2.05, 4.69) is 6.92 Å². The van der Waals surface area contributed by atoms with Crippen molar-refractivity contribution < 1.29 is 14.3 Å². The highest BCUT2D eigenvalue weighted by Crippen LogP contribution is 2.09. The number of hydrogen-bond acceptors (Lipinski definition) is 3. The Balaban J connectivity index is 1.82. The molecule has 22 heavy (non-hydrogen) atoms. The van der Waals surface area contributed by atoms with Crippen molar-refractivity contribution in [1.29, 1.82) is 0 Å². The molecule has 1 aromatic carbocycles. The van der Waals surface area contributed by atoms with Crippen LogP contribution in [0.5, 0.6) is 0 Å². The molecule has 0 unspecified atom stereocenters. The summed E-state index contributed by atoms with van der Waals surface area (Å²) in [6.45, 7) is 4.23. The molecule has 1 aromatic heterocycles. The smallest absolute Gasteiger partial charge is 0.355 e. The maximum Gasteiger partial charge on any atom is 0.355 e. The topological polar surface area (TPSA) is 40.5 Å². The van der Waals surface area contributed by atoms with E-state index in [1.165, 1.54) is 0 Å². The van der Waals surface area contributed by atoms with Crippen LogP contribution in [0.2, 0.25) is 0 Å². The van der Waals surface area contributed by atoms with Crippen LogP contribution in [0.3, 0.4) is 0 Å². The fraction of sp³-hybridized carbons (Fsp3) is 0.389. The van der Waals surface area contributed by atoms with Crippen LogP contribution in [0, 0.1) is 0 Å². The summed E-state index contributed by atoms with van der Waals surface area (Å²) in [7, 11) is 0. The number of ether oxygens (including phenoxy) is 2. The monoisotopic (exact) mass is 301 g/mol. The molecule has 1 heterocycles. The quantitative estimate of drug-likeness (QED) is 0.525. The predicted octanol–water partition coefficient (Wildman–Crippen LogP) is 3.51. The highest BCUT2D eigenvalue weighted by atomic mass is 16.6. The number of rotatable bonds is 9. The molecule has 4 nitrogen and oxygen atoms in total. The highest BCUT2D eigenvalue weighted by Gasteiger charge is 2.12. The van der Waals surface area contributed by atoms with E-state index in [1.807, 2.05) is 47.2 Å². The van der Waals surface area contributed by atoms with Crippen molar-refractivity contribution in [2.45, 2.75) is 26.3 Å². The van der Waals surface area contributed by atoms with Gasteiger partial charge in [-0.25, -0.2) is 4.79 Å². The maximum atomic E-state index is 12.1. The Morgan fingerprint density at radius 1 is 1.05 bits per heavy atom. The molecular formula is C18H23NO3. The lowest BCUT2D eigenvalue weighted by Gasteiger charge is -2.10. The Hall–Kier alpha value is -2.07. The molecule has 2 rings (SSSR count). The summed E-state index contributed by atoms with van der Waals surface area (Å²) in [5.41, 5.74) is 1.72. The fourth-order valence-electron chi connectivity index (χ4n) is 2.13. The molecule has 0 spiro atoms. The number of aromatic nitrogens is 1. The van der Waals surface area contributed by atoms with Gasteiger partial charge in [0, 0.05) is 19.3 Å². The van der Waals surface area contributed by atoms with Crippen molar-refractivity contribution in [1.82, 2.24) is 4.57 Å². The summed E-state index contributed by atoms with van der Waals surface area (Å²) in [5.74, 6) is -0.306. The lowest BCUT2D eigenvalue weighted by atomic mass is 10.2. The molecular weight excluding hydrogens is 278 g/mol. The predicted molar refractivity (Wildman–Crippen MR) is 86.0 cm³/mol. The summed E-state index contributed by atoms with van der Waals surface area (Å²) in [4.78, 5) is 12.1. The van der Waals surface area contributed by atoms with E-state index < -0.39 is 0 Å². The van der Waals surface area contributed by atoms with Crippen LogP contribution in [0.25, 0.3) is 0 Å². The molecule has 0 saturated heterocycles. The van der Waals surface area contributed by atoms with Gasteiger partial charge in [-0.3, -0.25) is 0 Å². The van der Waals surface area contributed by atoms with Gasteiger partial charge in [0.25, 0.3) is 0 Å². The third-order valence-electron chi connectivity index (χ3n) is 3.34. The zero-order valence-electron chi connectivity index (χ0n) is 13.0. The van der Waals surface area contributed by atoms with Gasteiger partial charge in [0.2, 0.25) is 0 Å². The van der Waals surface area contributed by atoms with Gasteiger partial charge in [0.1, 0.15) is 12.3 Å². The second-order valence-electron chi connectivity index (χ2n) is 5.11. The number of esters is 1. The largest absolute Gasteiger partial charge is 0.459 e. The summed E-state index contributed by atoms with van der Waals surface area (Å²) >= 11 is 0. The molecule has 0 amide bonds. The Morgan fingerprint density at radius 2 is 1.86 bits per heavy atom. The zero-order chi connectivity index (χ0) is 15.6. The van der Waals surface area contributed by atoms with Gasteiger partial charge in [0.05, 0.1) is 6.61 Å². The van der Waals surface area contributed by atoms with E-state index in [9.17, 15) is 4.79 Å². The van der Waals surface area contributed by atoms with E-state index in [-0.39, 0.29) is 5.97 Å². The van der Waals surface area contributed by atoms with Crippen LogP contribution in [0.4, 0.5) is 0 Å². The van der Waals surface area contributed by atoms with E-state index in [0.29, 0.717) is 25.5 Å². The molecule has 0 aliphatic heterocycles. The van der Waals surface area contributed by atoms with E-state index >= 15 is 0 Å². The molecule has 0 aliphatic carbocycles. The summed E-state index contributed by atoms with van der Waals surface area (Å²) in [5, 5.41) is 0. The number of hydrogen-bond donors (Lipinski definition) is 0. The Morgan fingerprint density at radius 3 is 2.64 bits per heavy atom. The van der Waals surface area contributed by atoms with Gasteiger partial charge in [0.15, 0.2) is 0 Å². The number of carbonyl (C=O) groups is 1. The first-order valence-corrected chi connectivity index (χ1v) is 7.75. The molecule has 0 saturated carbocycles. The minimum Gasteiger partial charge on any atom is -0.459 e. The van der Waals surface area contributed by atoms with E-state index in [0.717, 1.165) is 25.0 Å². The van der Waals surface area contributed by atoms with Gasteiger partial charge in [-0.2, -0.15) is 0 Å². The van der Waals surface area contributed by atoms with Crippen LogP contribution in [-0.4, -0.2) is 30.4 Å². The van der Waals surface area contributed by atoms with Crippen LogP contribution >= 0.6 is 0 Å². The summed E-state index contributed by atoms with van der Waals surface area (Å²) in [6, 6.07) is 13.7. The average molecular weight is 301 g/mol. The van der Waals surface area contributed by atoms with Crippen LogP contribution in [-0.2, 0) is 16.0 Å². The Kier molecular flexibility index (Phi) is 6.71. The first-order chi connectivity index (χ1) is 10.8. The van der Waals surface area contributed by atoms with Gasteiger partial charge in [-0.1, -0.05) is 43.7 Å². The molecule has 118 valence electrons. The number of nitrogens with zero attached hydrogens (tertiary/aromatic N) is 1. The van der Waals surface area contributed by atoms with Crippen molar-refractivity contribution in [2.75, 3.05) is 19.8 Å². The molecule has 0 aliphatic rings. The number of unbranched alkanes of at least 4 members (excludes halogenated alkanes) is 1. The minimum atomic E-state index is -0.306. The van der Waals surface area contributed by atoms with Crippen LogP contribution in [0.1, 0.15) is 35.8 Å². The first-order valence-electron chi connectivity index (χ1n) is 7.75. The van der Waals surface area contributed by atoms with Crippen molar-refractivity contribution in [2.24, 2.45) is 0 Å². The maximum absolute atomic E-state index is 12.1. The Bertz CT molecular complexity index is 563. The fourth-order valence-corrected chi connectivity index (χ4v) is 2.13. The summed E-state index contributed by atoms with van der Waals surface area (Å²) < 4.78 is 12.5. The van der Waals surface area contributed by atoms with Crippen LogP contribution < -0.4 is 0 Å². The second-order valence-corrected chi connectivity index (χ2v) is 5.11. The van der Waals surface area contributed by atoms with Gasteiger partial charge < -0.3 is 14.0 Å². The average Bonchev–Trinajstić information content (AvgIpc) is 3.00. The molecule has 4 heteroatoms. The van der Waals surface area contributed by atoms with E-state index in [1.54, 1.807) is 6.07 Å². The molecule has 0 bridgehead atoms. The van der Waals surface area contributed by atoms with E-state index in [4.69, 9.17) is 9.47 Å². The van der Waals surface area contributed by atoms with Crippen molar-refractivity contribution in [3.63, 3.8) is 0 Å². The van der Waals surface area contributed by atoms with Crippen LogP contribution in [0.15, 0.2) is 48.7 Å². The third kappa shape index (κ3) is 5.04. The first kappa shape index (κ1) is 16.3. The molecule has 0 N–H and O–H groups in total. The highest BCUT2D eigenvalue weighted by molar-refractivity contribution is 5.87. The molecule has 2 aromatic rings. The standard InChI is InChI=1S/C18H23NO3/c1-2-3-12-21-13-14-22-18(20)17-10-7-11-19(17)15-16-8-5-4-6-9-16/h4-11H,2-3,12-15H2,1H3. The molecule has 0 radical (unpaired) electrons. The minimum absolute atomic E-state index is 0.291. The SMILES string of the molecule is CCCCOCCOC(=O)c1cccn1Cc1ccccc1. The normalized spacial score (nSPS) is 10.6. The van der Waals surface area contributed by atoms with Crippen molar-refractivity contribution in [3.8, 4) is 0 Å². The van der Waals surface area contributed by atoms with Gasteiger partial charge in [-0.05, 0) is 24.1 Å². The lowest BCUT2D eigenvalue weighted by Crippen LogP contribution is -2.15. The Labute approximate surface area is 131 Å². The molecule has 0 fully saturated rings. The van der Waals surface area contributed by atoms with Crippen molar-refractivity contribution >= 4 is 5.97 Å². The summed E-state index contributed by atoms with van der Waals surface area (Å²) in [6.07, 6.45) is 4.03.